The molecule has 0 atom stereocenters. The van der Waals surface area contributed by atoms with Gasteiger partial charge in [0.2, 0.25) is 0 Å². The number of furan rings is 1. The Morgan fingerprint density at radius 2 is 2.13 bits per heavy atom. The van der Waals surface area contributed by atoms with E-state index in [2.05, 4.69) is 21.2 Å². The topological polar surface area (TPSA) is 68.5 Å². The number of halogens is 2. The van der Waals surface area contributed by atoms with Crippen LogP contribution in [0.4, 0.5) is 10.1 Å². The molecule has 0 aliphatic rings. The lowest BCUT2D eigenvalue weighted by atomic mass is 10.3. The number of nitrogens with one attached hydrogen (secondary N) is 1. The maximum atomic E-state index is 13.5. The summed E-state index contributed by atoms with van der Waals surface area (Å²) in [6.45, 7) is 1.26. The number of carbonyl (C=O) groups is 2. The van der Waals surface area contributed by atoms with Crippen LogP contribution in [0.5, 0.6) is 0 Å². The molecule has 0 unspecified atom stereocenters. The van der Waals surface area contributed by atoms with Gasteiger partial charge in [0.15, 0.2) is 6.61 Å². The molecule has 7 heteroatoms. The van der Waals surface area contributed by atoms with Crippen LogP contribution < -0.4 is 5.32 Å². The zero-order chi connectivity index (χ0) is 16.8. The molecule has 0 radical (unpaired) electrons. The van der Waals surface area contributed by atoms with Gasteiger partial charge in [-0.25, -0.2) is 9.18 Å². The smallest absolute Gasteiger partial charge is 0.331 e. The molecule has 1 N–H and O–H groups in total. The van der Waals surface area contributed by atoms with Crippen LogP contribution in [-0.4, -0.2) is 18.5 Å². The fourth-order valence-electron chi connectivity index (χ4n) is 1.66. The first kappa shape index (κ1) is 17.0. The Hall–Kier alpha value is -2.41. The van der Waals surface area contributed by atoms with Crippen molar-refractivity contribution < 1.29 is 23.1 Å². The fourth-order valence-corrected chi connectivity index (χ4v) is 1.99. The number of rotatable bonds is 5. The van der Waals surface area contributed by atoms with Gasteiger partial charge in [0.25, 0.3) is 5.91 Å². The molecule has 120 valence electrons. The molecule has 0 fully saturated rings. The summed E-state index contributed by atoms with van der Waals surface area (Å²) in [6, 6.07) is 7.65. The molecule has 1 amide bonds. The van der Waals surface area contributed by atoms with Gasteiger partial charge >= 0.3 is 5.97 Å². The molecule has 0 aliphatic heterocycles. The summed E-state index contributed by atoms with van der Waals surface area (Å²) < 4.78 is 24.1. The van der Waals surface area contributed by atoms with Crippen LogP contribution in [0, 0.1) is 12.7 Å². The molecule has 0 aliphatic carbocycles. The molecule has 2 rings (SSSR count). The highest BCUT2D eigenvalue weighted by atomic mass is 79.9. The second kappa shape index (κ2) is 7.73. The first-order valence-electron chi connectivity index (χ1n) is 6.60. The fraction of sp³-hybridized carbons (Fsp3) is 0.125. The van der Waals surface area contributed by atoms with Crippen LogP contribution in [0.2, 0.25) is 0 Å². The van der Waals surface area contributed by atoms with Gasteiger partial charge in [0.05, 0.1) is 5.69 Å². The average Bonchev–Trinajstić information content (AvgIpc) is 2.91. The van der Waals surface area contributed by atoms with E-state index >= 15 is 0 Å². The third-order valence-electron chi connectivity index (χ3n) is 2.70. The predicted octanol–water partition coefficient (Wildman–Crippen LogP) is 3.68. The van der Waals surface area contributed by atoms with E-state index in [1.165, 1.54) is 18.2 Å². The minimum Gasteiger partial charge on any atom is -0.462 e. The number of amides is 1. The second-order valence-corrected chi connectivity index (χ2v) is 5.48. The maximum Gasteiger partial charge on any atom is 0.331 e. The van der Waals surface area contributed by atoms with E-state index in [1.807, 2.05) is 0 Å². The summed E-state index contributed by atoms with van der Waals surface area (Å²) in [6.07, 6.45) is 2.58. The normalized spacial score (nSPS) is 10.7. The Kier molecular flexibility index (Phi) is 5.70. The lowest BCUT2D eigenvalue weighted by Crippen LogP contribution is -2.20. The van der Waals surface area contributed by atoms with E-state index in [4.69, 9.17) is 9.15 Å². The Labute approximate surface area is 140 Å². The number of aryl methyl sites for hydroxylation is 1. The van der Waals surface area contributed by atoms with Crippen molar-refractivity contribution in [2.75, 3.05) is 11.9 Å². The number of benzene rings is 1. The third-order valence-corrected chi connectivity index (χ3v) is 3.19. The Balaban J connectivity index is 1.81. The number of anilines is 1. The summed E-state index contributed by atoms with van der Waals surface area (Å²) in [4.78, 5) is 23.1. The molecule has 0 bridgehead atoms. The van der Waals surface area contributed by atoms with E-state index in [-0.39, 0.29) is 5.69 Å². The molecular formula is C16H13BrFNO4. The third kappa shape index (κ3) is 5.37. The number of hydrogen-bond donors (Lipinski definition) is 1. The molecule has 23 heavy (non-hydrogen) atoms. The van der Waals surface area contributed by atoms with Crippen LogP contribution in [0.25, 0.3) is 6.08 Å². The van der Waals surface area contributed by atoms with E-state index in [1.54, 1.807) is 25.1 Å². The maximum absolute atomic E-state index is 13.5. The van der Waals surface area contributed by atoms with Crippen LogP contribution in [0.15, 0.2) is 45.3 Å². The van der Waals surface area contributed by atoms with Gasteiger partial charge in [-0.2, -0.15) is 0 Å². The average molecular weight is 382 g/mol. The summed E-state index contributed by atoms with van der Waals surface area (Å²) >= 11 is 3.11. The van der Waals surface area contributed by atoms with Gasteiger partial charge < -0.3 is 14.5 Å². The molecule has 1 heterocycles. The minimum absolute atomic E-state index is 0.0100. The van der Waals surface area contributed by atoms with Crippen molar-refractivity contribution >= 4 is 39.6 Å². The quantitative estimate of drug-likeness (QED) is 0.633. The second-order valence-electron chi connectivity index (χ2n) is 4.56. The number of carbonyl (C=O) groups excluding carboxylic acids is 2. The summed E-state index contributed by atoms with van der Waals surface area (Å²) in [5.74, 6) is -0.714. The van der Waals surface area contributed by atoms with Crippen molar-refractivity contribution in [3.8, 4) is 0 Å². The number of ether oxygens (including phenoxy) is 1. The van der Waals surface area contributed by atoms with Crippen molar-refractivity contribution in [1.82, 2.24) is 0 Å². The van der Waals surface area contributed by atoms with E-state index in [9.17, 15) is 14.0 Å². The predicted molar refractivity (Wildman–Crippen MR) is 86.2 cm³/mol. The Bertz CT molecular complexity index is 754. The molecule has 2 aromatic rings. The van der Waals surface area contributed by atoms with E-state index in [0.29, 0.717) is 16.0 Å². The standard InChI is InChI=1S/C16H13BrFNO4/c1-10-2-4-12(23-10)5-7-16(21)22-9-15(20)19-14-6-3-11(17)8-13(14)18/h2-8H,9H2,1H3,(H,19,20). The van der Waals surface area contributed by atoms with Crippen molar-refractivity contribution in [3.63, 3.8) is 0 Å². The van der Waals surface area contributed by atoms with Crippen molar-refractivity contribution in [3.05, 3.63) is 58.2 Å². The van der Waals surface area contributed by atoms with E-state index < -0.39 is 24.3 Å². The van der Waals surface area contributed by atoms with Gasteiger partial charge in [-0.1, -0.05) is 15.9 Å². The summed E-state index contributed by atoms with van der Waals surface area (Å²) in [5, 5.41) is 2.32. The molecule has 1 aromatic heterocycles. The van der Waals surface area contributed by atoms with Gasteiger partial charge in [0, 0.05) is 10.5 Å². The molecule has 0 spiro atoms. The van der Waals surface area contributed by atoms with Crippen LogP contribution in [0.3, 0.4) is 0 Å². The first-order chi connectivity index (χ1) is 10.9. The van der Waals surface area contributed by atoms with E-state index in [0.717, 1.165) is 6.08 Å². The molecule has 0 saturated carbocycles. The van der Waals surface area contributed by atoms with Crippen molar-refractivity contribution in [2.24, 2.45) is 0 Å². The van der Waals surface area contributed by atoms with Gasteiger partial charge in [-0.15, -0.1) is 0 Å². The minimum atomic E-state index is -0.703. The zero-order valence-corrected chi connectivity index (χ0v) is 13.7. The lowest BCUT2D eigenvalue weighted by molar-refractivity contribution is -0.142. The molecule has 1 aromatic carbocycles. The lowest BCUT2D eigenvalue weighted by Gasteiger charge is -2.06. The molecular weight excluding hydrogens is 369 g/mol. The van der Waals surface area contributed by atoms with Crippen molar-refractivity contribution in [1.29, 1.82) is 0 Å². The highest BCUT2D eigenvalue weighted by molar-refractivity contribution is 9.10. The Morgan fingerprint density at radius 3 is 2.78 bits per heavy atom. The zero-order valence-electron chi connectivity index (χ0n) is 12.1. The molecule has 5 nitrogen and oxygen atoms in total. The monoisotopic (exact) mass is 381 g/mol. The summed E-state index contributed by atoms with van der Waals surface area (Å²) in [7, 11) is 0. The molecule has 0 saturated heterocycles. The highest BCUT2D eigenvalue weighted by Gasteiger charge is 2.09. The summed E-state index contributed by atoms with van der Waals surface area (Å²) in [5.41, 5.74) is 0.0100. The van der Waals surface area contributed by atoms with Crippen molar-refractivity contribution in [2.45, 2.75) is 6.92 Å². The van der Waals surface area contributed by atoms with Crippen LogP contribution in [-0.2, 0) is 14.3 Å². The first-order valence-corrected chi connectivity index (χ1v) is 7.39. The SMILES string of the molecule is Cc1ccc(C=CC(=O)OCC(=O)Nc2ccc(Br)cc2F)o1. The van der Waals surface area contributed by atoms with Crippen LogP contribution >= 0.6 is 15.9 Å². The van der Waals surface area contributed by atoms with Crippen LogP contribution in [0.1, 0.15) is 11.5 Å². The van der Waals surface area contributed by atoms with Gasteiger partial charge in [0.1, 0.15) is 17.3 Å². The van der Waals surface area contributed by atoms with Gasteiger partial charge in [-0.3, -0.25) is 4.79 Å². The highest BCUT2D eigenvalue weighted by Crippen LogP contribution is 2.19. The Morgan fingerprint density at radius 1 is 1.35 bits per heavy atom. The number of esters is 1. The number of hydrogen-bond acceptors (Lipinski definition) is 4. The largest absolute Gasteiger partial charge is 0.462 e. The van der Waals surface area contributed by atoms with Gasteiger partial charge in [-0.05, 0) is 43.3 Å².